The molecule has 0 fully saturated rings. The quantitative estimate of drug-likeness (QED) is 0.429. The molecule has 2 N–H and O–H groups in total. The fraction of sp³-hybridized carbons (Fsp3) is 0.292. The zero-order valence-electron chi connectivity index (χ0n) is 18.7. The lowest BCUT2D eigenvalue weighted by Crippen LogP contribution is -2.26. The summed E-state index contributed by atoms with van der Waals surface area (Å²) in [5.74, 6) is 1.26. The summed E-state index contributed by atoms with van der Waals surface area (Å²) in [6.45, 7) is 2.34. The highest BCUT2D eigenvalue weighted by Crippen LogP contribution is 2.37. The summed E-state index contributed by atoms with van der Waals surface area (Å²) >= 11 is 5.95. The number of halogens is 2. The van der Waals surface area contributed by atoms with E-state index in [1.807, 2.05) is 29.8 Å². The van der Waals surface area contributed by atoms with E-state index in [0.29, 0.717) is 36.2 Å². The van der Waals surface area contributed by atoms with Gasteiger partial charge in [0.1, 0.15) is 28.9 Å². The highest BCUT2D eigenvalue weighted by Gasteiger charge is 2.34. The standard InChI is InChI=1S/C24H24ClFN6O2/c1-24(33)9-10-32-22(18(12-24)15-3-5-16(26)6-4-15)29-23(30-32)28-17-7-8-19(20(11-17)34-2)31-13-21(25)27-14-31/h3-8,11,13-14,18,33H,9-10,12H2,1-2H3,(H,28,30)/t18-,24-/m0/s1. The molecule has 1 aliphatic heterocycles. The highest BCUT2D eigenvalue weighted by atomic mass is 35.5. The van der Waals surface area contributed by atoms with Crippen molar-refractivity contribution in [3.05, 3.63) is 77.3 Å². The van der Waals surface area contributed by atoms with Gasteiger partial charge >= 0.3 is 0 Å². The summed E-state index contributed by atoms with van der Waals surface area (Å²) in [5, 5.41) is 19.1. The maximum Gasteiger partial charge on any atom is 0.246 e. The Morgan fingerprint density at radius 2 is 2.03 bits per heavy atom. The van der Waals surface area contributed by atoms with E-state index in [9.17, 15) is 9.50 Å². The predicted molar refractivity (Wildman–Crippen MR) is 127 cm³/mol. The van der Waals surface area contributed by atoms with Crippen LogP contribution in [0.2, 0.25) is 5.15 Å². The van der Waals surface area contributed by atoms with E-state index in [1.54, 1.807) is 36.3 Å². The van der Waals surface area contributed by atoms with Crippen LogP contribution in [0.3, 0.4) is 0 Å². The van der Waals surface area contributed by atoms with Gasteiger partial charge in [-0.2, -0.15) is 4.98 Å². The third kappa shape index (κ3) is 4.49. The third-order valence-corrected chi connectivity index (χ3v) is 6.25. The Kier molecular flexibility index (Phi) is 5.75. The Morgan fingerprint density at radius 3 is 2.74 bits per heavy atom. The van der Waals surface area contributed by atoms with E-state index in [0.717, 1.165) is 22.8 Å². The normalized spacial score (nSPS) is 20.0. The average molecular weight is 483 g/mol. The molecule has 5 rings (SSSR count). The minimum atomic E-state index is -0.881. The van der Waals surface area contributed by atoms with Crippen LogP contribution >= 0.6 is 11.6 Å². The molecule has 4 aromatic rings. The maximum absolute atomic E-state index is 13.5. The molecule has 0 spiro atoms. The molecular weight excluding hydrogens is 459 g/mol. The van der Waals surface area contributed by atoms with Gasteiger partial charge in [-0.15, -0.1) is 5.10 Å². The Hall–Kier alpha value is -3.43. The molecule has 176 valence electrons. The molecule has 34 heavy (non-hydrogen) atoms. The molecule has 0 aliphatic carbocycles. The van der Waals surface area contributed by atoms with Crippen LogP contribution in [0.25, 0.3) is 5.69 Å². The second kappa shape index (κ2) is 8.73. The van der Waals surface area contributed by atoms with Crippen molar-refractivity contribution in [3.8, 4) is 11.4 Å². The third-order valence-electron chi connectivity index (χ3n) is 6.06. The zero-order chi connectivity index (χ0) is 23.9. The van der Waals surface area contributed by atoms with Crippen molar-refractivity contribution in [1.29, 1.82) is 0 Å². The Morgan fingerprint density at radius 1 is 1.24 bits per heavy atom. The van der Waals surface area contributed by atoms with Gasteiger partial charge in [-0.25, -0.2) is 14.1 Å². The van der Waals surface area contributed by atoms with Crippen LogP contribution in [0.4, 0.5) is 16.0 Å². The molecule has 3 heterocycles. The first-order chi connectivity index (χ1) is 16.3. The van der Waals surface area contributed by atoms with Crippen molar-refractivity contribution >= 4 is 23.2 Å². The first-order valence-electron chi connectivity index (χ1n) is 10.9. The second-order valence-electron chi connectivity index (χ2n) is 8.69. The van der Waals surface area contributed by atoms with E-state index in [-0.39, 0.29) is 11.7 Å². The van der Waals surface area contributed by atoms with Crippen molar-refractivity contribution in [1.82, 2.24) is 24.3 Å². The summed E-state index contributed by atoms with van der Waals surface area (Å²) in [5.41, 5.74) is 1.54. The van der Waals surface area contributed by atoms with E-state index < -0.39 is 5.60 Å². The van der Waals surface area contributed by atoms with E-state index >= 15 is 0 Å². The number of aromatic nitrogens is 5. The predicted octanol–water partition coefficient (Wildman–Crippen LogP) is 4.69. The number of aryl methyl sites for hydroxylation is 1. The number of rotatable bonds is 5. The minimum Gasteiger partial charge on any atom is -0.494 e. The van der Waals surface area contributed by atoms with E-state index in [1.165, 1.54) is 12.1 Å². The van der Waals surface area contributed by atoms with Crippen molar-refractivity contribution in [3.63, 3.8) is 0 Å². The molecule has 0 amide bonds. The van der Waals surface area contributed by atoms with Gasteiger partial charge < -0.3 is 19.7 Å². The number of benzene rings is 2. The molecule has 0 radical (unpaired) electrons. The summed E-state index contributed by atoms with van der Waals surface area (Å²) in [4.78, 5) is 8.80. The molecule has 0 unspecified atom stereocenters. The lowest BCUT2D eigenvalue weighted by molar-refractivity contribution is 0.0384. The van der Waals surface area contributed by atoms with Gasteiger partial charge in [-0.3, -0.25) is 0 Å². The Bertz CT molecular complexity index is 1320. The number of methoxy groups -OCH3 is 1. The Labute approximate surface area is 201 Å². The number of aliphatic hydroxyl groups is 1. The molecule has 8 nitrogen and oxygen atoms in total. The topological polar surface area (TPSA) is 90.0 Å². The number of nitrogens with one attached hydrogen (secondary N) is 1. The van der Waals surface area contributed by atoms with Crippen LogP contribution in [-0.4, -0.2) is 42.1 Å². The van der Waals surface area contributed by atoms with Crippen molar-refractivity contribution in [2.45, 2.75) is 37.8 Å². The minimum absolute atomic E-state index is 0.218. The van der Waals surface area contributed by atoms with Gasteiger partial charge in [0.15, 0.2) is 0 Å². The fourth-order valence-electron chi connectivity index (χ4n) is 4.30. The van der Waals surface area contributed by atoms with Gasteiger partial charge in [-0.1, -0.05) is 23.7 Å². The maximum atomic E-state index is 13.5. The van der Waals surface area contributed by atoms with Crippen molar-refractivity contribution in [2.24, 2.45) is 0 Å². The molecule has 0 bridgehead atoms. The number of anilines is 2. The van der Waals surface area contributed by atoms with Gasteiger partial charge in [0.05, 0.1) is 18.4 Å². The zero-order valence-corrected chi connectivity index (χ0v) is 19.5. The lowest BCUT2D eigenvalue weighted by Gasteiger charge is -2.24. The molecule has 2 aromatic heterocycles. The summed E-state index contributed by atoms with van der Waals surface area (Å²) in [6, 6.07) is 11.9. The van der Waals surface area contributed by atoms with Crippen LogP contribution in [-0.2, 0) is 6.54 Å². The molecule has 2 atom stereocenters. The smallest absolute Gasteiger partial charge is 0.246 e. The van der Waals surface area contributed by atoms with Gasteiger partial charge in [0.2, 0.25) is 5.95 Å². The molecule has 0 saturated heterocycles. The number of hydrogen-bond acceptors (Lipinski definition) is 6. The van der Waals surface area contributed by atoms with Crippen molar-refractivity contribution in [2.75, 3.05) is 12.4 Å². The number of nitrogens with zero attached hydrogens (tertiary/aromatic N) is 5. The largest absolute Gasteiger partial charge is 0.494 e. The second-order valence-corrected chi connectivity index (χ2v) is 9.07. The summed E-state index contributed by atoms with van der Waals surface area (Å²) in [6.07, 6.45) is 4.32. The Balaban J connectivity index is 1.46. The van der Waals surface area contributed by atoms with Crippen LogP contribution in [0, 0.1) is 5.82 Å². The number of fused-ring (bicyclic) bond motifs is 1. The van der Waals surface area contributed by atoms with E-state index in [4.69, 9.17) is 21.3 Å². The average Bonchev–Trinajstić information content (AvgIpc) is 3.40. The van der Waals surface area contributed by atoms with E-state index in [2.05, 4.69) is 15.4 Å². The number of ether oxygens (including phenoxy) is 1. The fourth-order valence-corrected chi connectivity index (χ4v) is 4.45. The molecule has 0 saturated carbocycles. The van der Waals surface area contributed by atoms with Crippen LogP contribution in [0.15, 0.2) is 55.0 Å². The van der Waals surface area contributed by atoms with Crippen molar-refractivity contribution < 1.29 is 14.2 Å². The first-order valence-corrected chi connectivity index (χ1v) is 11.3. The first kappa shape index (κ1) is 22.4. The van der Waals surface area contributed by atoms with Crippen LogP contribution in [0.1, 0.15) is 37.1 Å². The number of hydrogen-bond donors (Lipinski definition) is 2. The van der Waals surface area contributed by atoms with Crippen LogP contribution in [0.5, 0.6) is 5.75 Å². The molecule has 1 aliphatic rings. The highest BCUT2D eigenvalue weighted by molar-refractivity contribution is 6.29. The summed E-state index contributed by atoms with van der Waals surface area (Å²) in [7, 11) is 1.59. The van der Waals surface area contributed by atoms with Gasteiger partial charge in [0.25, 0.3) is 0 Å². The lowest BCUT2D eigenvalue weighted by atomic mass is 9.86. The molecular formula is C24H24ClFN6O2. The molecule has 10 heteroatoms. The molecule has 2 aromatic carbocycles. The van der Waals surface area contributed by atoms with Gasteiger partial charge in [0, 0.05) is 30.4 Å². The van der Waals surface area contributed by atoms with Gasteiger partial charge in [-0.05, 0) is 49.6 Å². The van der Waals surface area contributed by atoms with Crippen LogP contribution < -0.4 is 10.1 Å². The monoisotopic (exact) mass is 482 g/mol. The summed E-state index contributed by atoms with van der Waals surface area (Å²) < 4.78 is 22.7. The number of imidazole rings is 1. The SMILES string of the molecule is COc1cc(Nc2nc3n(n2)CC[C@](C)(O)C[C@H]3c2ccc(F)cc2)ccc1-n1cnc(Cl)c1.